The number of aromatic nitrogens is 4. The van der Waals surface area contributed by atoms with Crippen LogP contribution >= 0.6 is 0 Å². The van der Waals surface area contributed by atoms with Crippen molar-refractivity contribution in [1.82, 2.24) is 24.9 Å². The Bertz CT molecular complexity index is 1020. The lowest BCUT2D eigenvalue weighted by molar-refractivity contribution is 0.0740. The summed E-state index contributed by atoms with van der Waals surface area (Å²) in [7, 11) is 1.91. The van der Waals surface area contributed by atoms with Gasteiger partial charge in [-0.25, -0.2) is 4.98 Å². The maximum Gasteiger partial charge on any atom is 0.256 e. The fourth-order valence-electron chi connectivity index (χ4n) is 3.14. The average Bonchev–Trinajstić information content (AvgIpc) is 3.30. The number of anilines is 1. The van der Waals surface area contributed by atoms with Gasteiger partial charge < -0.3 is 9.80 Å². The minimum atomic E-state index is -0.0660. The van der Waals surface area contributed by atoms with Crippen LogP contribution in [0.5, 0.6) is 0 Å². The summed E-state index contributed by atoms with van der Waals surface area (Å²) >= 11 is 0. The molecule has 0 aliphatic carbocycles. The van der Waals surface area contributed by atoms with Crippen molar-refractivity contribution in [1.29, 1.82) is 5.26 Å². The van der Waals surface area contributed by atoms with Crippen LogP contribution in [0.25, 0.3) is 5.69 Å². The highest BCUT2D eigenvalue weighted by Gasteiger charge is 2.21. The molecule has 0 atom stereocenters. The molecule has 0 N–H and O–H groups in total. The van der Waals surface area contributed by atoms with E-state index in [2.05, 4.69) is 35.1 Å². The molecule has 3 rings (SSSR count). The van der Waals surface area contributed by atoms with Gasteiger partial charge in [-0.15, -0.1) is 0 Å². The van der Waals surface area contributed by atoms with Crippen LogP contribution in [0.15, 0.2) is 55.0 Å². The number of pyridine rings is 1. The molecule has 0 radical (unpaired) electrons. The third-order valence-corrected chi connectivity index (χ3v) is 4.61. The molecule has 8 heteroatoms. The number of carbonyl (C=O) groups excluding carboxylic acids is 1. The molecule has 0 fully saturated rings. The maximum absolute atomic E-state index is 13.4. The zero-order valence-electron chi connectivity index (χ0n) is 17.4. The molecular weight excluding hydrogens is 378 g/mol. The third-order valence-electron chi connectivity index (χ3n) is 4.61. The van der Waals surface area contributed by atoms with Crippen LogP contribution in [-0.4, -0.2) is 57.5 Å². The molecule has 0 aliphatic rings. The standard InChI is InChI=1S/C22H25N7O/c1-17(2)16-28(13-12-27(3)21-14-18(15-23)8-9-24-21)22(30)19-6-4-5-7-20(19)29-25-10-11-26-29/h4-11,14,17H,12-13,16H2,1-3H3. The lowest BCUT2D eigenvalue weighted by Crippen LogP contribution is -2.40. The summed E-state index contributed by atoms with van der Waals surface area (Å²) in [5.74, 6) is 0.949. The predicted octanol–water partition coefficient (Wildman–Crippen LogP) is 2.77. The quantitative estimate of drug-likeness (QED) is 0.574. The number of para-hydroxylation sites is 1. The van der Waals surface area contributed by atoms with Crippen LogP contribution in [-0.2, 0) is 0 Å². The second-order valence-corrected chi connectivity index (χ2v) is 7.42. The van der Waals surface area contributed by atoms with Gasteiger partial charge >= 0.3 is 0 Å². The number of carbonyl (C=O) groups is 1. The van der Waals surface area contributed by atoms with E-state index in [-0.39, 0.29) is 5.91 Å². The molecule has 30 heavy (non-hydrogen) atoms. The van der Waals surface area contributed by atoms with Crippen LogP contribution in [0, 0.1) is 17.2 Å². The van der Waals surface area contributed by atoms with Gasteiger partial charge in [-0.1, -0.05) is 26.0 Å². The molecule has 0 bridgehead atoms. The fraction of sp³-hybridized carbons (Fsp3) is 0.318. The van der Waals surface area contributed by atoms with Crippen LogP contribution in [0.3, 0.4) is 0 Å². The Morgan fingerprint density at radius 1 is 1.13 bits per heavy atom. The van der Waals surface area contributed by atoms with E-state index < -0.39 is 0 Å². The van der Waals surface area contributed by atoms with Crippen molar-refractivity contribution >= 4 is 11.7 Å². The molecule has 0 unspecified atom stereocenters. The second-order valence-electron chi connectivity index (χ2n) is 7.42. The van der Waals surface area contributed by atoms with Gasteiger partial charge in [0.2, 0.25) is 0 Å². The molecule has 8 nitrogen and oxygen atoms in total. The van der Waals surface area contributed by atoms with Gasteiger partial charge in [-0.2, -0.15) is 20.3 Å². The number of rotatable bonds is 8. The Morgan fingerprint density at radius 3 is 2.57 bits per heavy atom. The van der Waals surface area contributed by atoms with E-state index in [1.807, 2.05) is 35.0 Å². The van der Waals surface area contributed by atoms with E-state index in [1.54, 1.807) is 36.8 Å². The largest absolute Gasteiger partial charge is 0.358 e. The van der Waals surface area contributed by atoms with Crippen molar-refractivity contribution in [2.45, 2.75) is 13.8 Å². The monoisotopic (exact) mass is 403 g/mol. The Hall–Kier alpha value is -3.73. The second kappa shape index (κ2) is 9.65. The van der Waals surface area contributed by atoms with E-state index in [0.29, 0.717) is 48.2 Å². The third kappa shape index (κ3) is 5.00. The molecular formula is C22H25N7O. The molecule has 3 aromatic rings. The smallest absolute Gasteiger partial charge is 0.256 e. The van der Waals surface area contributed by atoms with E-state index >= 15 is 0 Å². The summed E-state index contributed by atoms with van der Waals surface area (Å²) in [5.41, 5.74) is 1.77. The van der Waals surface area contributed by atoms with E-state index in [9.17, 15) is 4.79 Å². The number of likely N-dealkylation sites (N-methyl/N-ethyl adjacent to an activating group) is 1. The lowest BCUT2D eigenvalue weighted by Gasteiger charge is -2.28. The highest BCUT2D eigenvalue weighted by molar-refractivity contribution is 5.97. The van der Waals surface area contributed by atoms with Gasteiger partial charge in [0.25, 0.3) is 5.91 Å². The summed E-state index contributed by atoms with van der Waals surface area (Å²) < 4.78 is 0. The first-order valence-corrected chi connectivity index (χ1v) is 9.82. The van der Waals surface area contributed by atoms with E-state index in [0.717, 1.165) is 0 Å². The highest BCUT2D eigenvalue weighted by Crippen LogP contribution is 2.17. The average molecular weight is 403 g/mol. The van der Waals surface area contributed by atoms with Gasteiger partial charge in [0.05, 0.1) is 35.3 Å². The Balaban J connectivity index is 1.79. The fourth-order valence-corrected chi connectivity index (χ4v) is 3.14. The molecule has 1 aromatic carbocycles. The number of nitriles is 1. The van der Waals surface area contributed by atoms with Gasteiger partial charge in [0.1, 0.15) is 5.82 Å². The molecule has 2 heterocycles. The Labute approximate surface area is 176 Å². The van der Waals surface area contributed by atoms with Crippen molar-refractivity contribution in [3.63, 3.8) is 0 Å². The molecule has 2 aromatic heterocycles. The molecule has 154 valence electrons. The van der Waals surface area contributed by atoms with E-state index in [4.69, 9.17) is 5.26 Å². The van der Waals surface area contributed by atoms with Crippen molar-refractivity contribution in [2.24, 2.45) is 5.92 Å². The van der Waals surface area contributed by atoms with Gasteiger partial charge in [-0.05, 0) is 30.2 Å². The SMILES string of the molecule is CC(C)CN(CCN(C)c1cc(C#N)ccn1)C(=O)c1ccccc1-n1nccn1. The normalized spacial score (nSPS) is 10.6. The lowest BCUT2D eigenvalue weighted by atomic mass is 10.1. The molecule has 0 saturated heterocycles. The van der Waals surface area contributed by atoms with Crippen LogP contribution in [0.1, 0.15) is 29.8 Å². The van der Waals surface area contributed by atoms with Gasteiger partial charge in [-0.3, -0.25) is 4.79 Å². The van der Waals surface area contributed by atoms with Crippen LogP contribution < -0.4 is 4.90 Å². The number of hydrogen-bond acceptors (Lipinski definition) is 6. The summed E-state index contributed by atoms with van der Waals surface area (Å²) in [5, 5.41) is 17.4. The number of amides is 1. The van der Waals surface area contributed by atoms with Crippen LogP contribution in [0.2, 0.25) is 0 Å². The summed E-state index contributed by atoms with van der Waals surface area (Å²) in [6, 6.07) is 12.9. The summed E-state index contributed by atoms with van der Waals surface area (Å²) in [6.07, 6.45) is 4.80. The minimum Gasteiger partial charge on any atom is -0.358 e. The number of nitrogens with zero attached hydrogens (tertiary/aromatic N) is 7. The molecule has 0 aliphatic heterocycles. The Morgan fingerprint density at radius 2 is 1.87 bits per heavy atom. The number of hydrogen-bond donors (Lipinski definition) is 0. The Kier molecular flexibility index (Phi) is 6.75. The van der Waals surface area contributed by atoms with Gasteiger partial charge in [0.15, 0.2) is 0 Å². The highest BCUT2D eigenvalue weighted by atomic mass is 16.2. The zero-order valence-corrected chi connectivity index (χ0v) is 17.4. The van der Waals surface area contributed by atoms with Crippen molar-refractivity contribution in [3.05, 3.63) is 66.1 Å². The zero-order chi connectivity index (χ0) is 21.5. The topological polar surface area (TPSA) is 90.9 Å². The van der Waals surface area contributed by atoms with Crippen molar-refractivity contribution in [2.75, 3.05) is 31.6 Å². The molecule has 1 amide bonds. The predicted molar refractivity (Wildman–Crippen MR) is 114 cm³/mol. The number of benzene rings is 1. The molecule has 0 saturated carbocycles. The first-order valence-electron chi connectivity index (χ1n) is 9.82. The van der Waals surface area contributed by atoms with Crippen LogP contribution in [0.4, 0.5) is 5.82 Å². The first kappa shape index (κ1) is 21.0. The summed E-state index contributed by atoms with van der Waals surface area (Å²) in [4.78, 5) is 23.0. The minimum absolute atomic E-state index is 0.0660. The van der Waals surface area contributed by atoms with Crippen molar-refractivity contribution < 1.29 is 4.79 Å². The van der Waals surface area contributed by atoms with Crippen molar-refractivity contribution in [3.8, 4) is 11.8 Å². The maximum atomic E-state index is 13.4. The van der Waals surface area contributed by atoms with E-state index in [1.165, 1.54) is 4.80 Å². The first-order chi connectivity index (χ1) is 14.5. The van der Waals surface area contributed by atoms with Gasteiger partial charge in [0, 0.05) is 32.9 Å². The summed E-state index contributed by atoms with van der Waals surface area (Å²) in [6.45, 7) is 5.90. The molecule has 0 spiro atoms.